The first-order valence-corrected chi connectivity index (χ1v) is 6.67. The fourth-order valence-corrected chi connectivity index (χ4v) is 2.00. The minimum Gasteiger partial charge on any atom is -0.385 e. The van der Waals surface area contributed by atoms with Crippen LogP contribution in [0, 0.1) is 0 Å². The van der Waals surface area contributed by atoms with Gasteiger partial charge in [-0.2, -0.15) is 0 Å². The van der Waals surface area contributed by atoms with Gasteiger partial charge in [0, 0.05) is 24.4 Å². The molecule has 2 nitrogen and oxygen atoms in total. The quantitative estimate of drug-likeness (QED) is 0.825. The Morgan fingerprint density at radius 1 is 1.11 bits per heavy atom. The third-order valence-electron chi connectivity index (χ3n) is 3.11. The van der Waals surface area contributed by atoms with Crippen LogP contribution >= 0.6 is 0 Å². The number of pyridine rings is 1. The molecule has 0 aliphatic carbocycles. The Kier molecular flexibility index (Phi) is 4.35. The van der Waals surface area contributed by atoms with Crippen molar-refractivity contribution in [2.45, 2.75) is 13.8 Å². The van der Waals surface area contributed by atoms with Crippen molar-refractivity contribution in [3.8, 4) is 0 Å². The summed E-state index contributed by atoms with van der Waals surface area (Å²) in [7, 11) is 2.03. The highest BCUT2D eigenvalue weighted by molar-refractivity contribution is 5.80. The number of nitrogens with one attached hydrogen (secondary N) is 1. The summed E-state index contributed by atoms with van der Waals surface area (Å²) in [6.07, 6.45) is 6.35. The van der Waals surface area contributed by atoms with Gasteiger partial charge in [0.1, 0.15) is 7.05 Å². The van der Waals surface area contributed by atoms with Crippen LogP contribution in [0.3, 0.4) is 0 Å². The number of rotatable bonds is 4. The van der Waals surface area contributed by atoms with Crippen LogP contribution in [-0.4, -0.2) is 6.54 Å². The molecule has 0 unspecified atom stereocenters. The molecule has 98 valence electrons. The highest BCUT2D eigenvalue weighted by Gasteiger charge is 1.99. The van der Waals surface area contributed by atoms with E-state index in [0.717, 1.165) is 6.54 Å². The van der Waals surface area contributed by atoms with E-state index < -0.39 is 0 Å². The van der Waals surface area contributed by atoms with Crippen LogP contribution in [0.25, 0.3) is 11.6 Å². The van der Waals surface area contributed by atoms with E-state index >= 15 is 0 Å². The van der Waals surface area contributed by atoms with Crippen molar-refractivity contribution in [2.75, 3.05) is 11.9 Å². The fraction of sp³-hybridized carbons (Fsp3) is 0.235. The number of aromatic nitrogens is 1. The first kappa shape index (κ1) is 13.3. The molecule has 0 saturated heterocycles. The number of anilines is 1. The molecule has 2 rings (SSSR count). The Balaban J connectivity index is 2.17. The van der Waals surface area contributed by atoms with Gasteiger partial charge in [0.2, 0.25) is 0 Å². The molecule has 2 heteroatoms. The molecule has 1 aromatic heterocycles. The van der Waals surface area contributed by atoms with Gasteiger partial charge >= 0.3 is 0 Å². The second-order valence-electron chi connectivity index (χ2n) is 4.73. The fourth-order valence-electron chi connectivity index (χ4n) is 2.00. The zero-order valence-corrected chi connectivity index (χ0v) is 11.9. The average Bonchev–Trinajstić information content (AvgIpc) is 2.42. The van der Waals surface area contributed by atoms with Crippen LogP contribution in [0.1, 0.15) is 25.0 Å². The normalized spacial score (nSPS) is 11.4. The molecule has 0 bridgehead atoms. The molecule has 2 aromatic rings. The van der Waals surface area contributed by atoms with Gasteiger partial charge in [0.25, 0.3) is 0 Å². The van der Waals surface area contributed by atoms with Gasteiger partial charge in [0.15, 0.2) is 12.4 Å². The molecule has 0 aliphatic rings. The summed E-state index contributed by atoms with van der Waals surface area (Å²) in [5.74, 6) is 0. The van der Waals surface area contributed by atoms with Crippen molar-refractivity contribution >= 4 is 17.3 Å². The number of nitrogens with zero attached hydrogens (tertiary/aromatic N) is 1. The minimum absolute atomic E-state index is 0.954. The molecular weight excluding hydrogens is 232 g/mol. The SMILES string of the molecule is CCNc1ccc(/C=C(\C)c2cc[n+](C)cc2)cc1. The Labute approximate surface area is 115 Å². The molecule has 1 heterocycles. The average molecular weight is 253 g/mol. The van der Waals surface area contributed by atoms with E-state index in [2.05, 4.69) is 74.0 Å². The second kappa shape index (κ2) is 6.19. The highest BCUT2D eigenvalue weighted by atomic mass is 14.9. The van der Waals surface area contributed by atoms with E-state index in [1.54, 1.807) is 0 Å². The summed E-state index contributed by atoms with van der Waals surface area (Å²) in [5.41, 5.74) is 4.93. The number of aryl methyl sites for hydroxylation is 1. The van der Waals surface area contributed by atoms with Crippen molar-refractivity contribution in [3.05, 3.63) is 59.9 Å². The first-order chi connectivity index (χ1) is 9.19. The van der Waals surface area contributed by atoms with Crippen LogP contribution in [0.2, 0.25) is 0 Å². The molecule has 0 aliphatic heterocycles. The van der Waals surface area contributed by atoms with Crippen LogP contribution in [0.15, 0.2) is 48.8 Å². The maximum absolute atomic E-state index is 3.30. The number of allylic oxidation sites excluding steroid dienone is 1. The number of benzene rings is 1. The molecule has 0 saturated carbocycles. The summed E-state index contributed by atoms with van der Waals surface area (Å²) in [6, 6.07) is 12.8. The van der Waals surface area contributed by atoms with Gasteiger partial charge in [-0.3, -0.25) is 0 Å². The lowest BCUT2D eigenvalue weighted by Crippen LogP contribution is -2.25. The molecule has 0 atom stereocenters. The summed E-state index contributed by atoms with van der Waals surface area (Å²) in [4.78, 5) is 0. The van der Waals surface area contributed by atoms with E-state index in [1.165, 1.54) is 22.4 Å². The lowest BCUT2D eigenvalue weighted by atomic mass is 10.1. The largest absolute Gasteiger partial charge is 0.385 e. The molecular formula is C17H21N2+. The number of hydrogen-bond donors (Lipinski definition) is 1. The van der Waals surface area contributed by atoms with Crippen LogP contribution in [-0.2, 0) is 7.05 Å². The Bertz CT molecular complexity index is 551. The molecule has 0 spiro atoms. The van der Waals surface area contributed by atoms with E-state index in [9.17, 15) is 0 Å². The van der Waals surface area contributed by atoms with Crippen LogP contribution < -0.4 is 9.88 Å². The van der Waals surface area contributed by atoms with Crippen LogP contribution in [0.5, 0.6) is 0 Å². The maximum atomic E-state index is 3.30. The van der Waals surface area contributed by atoms with E-state index in [-0.39, 0.29) is 0 Å². The van der Waals surface area contributed by atoms with Gasteiger partial charge in [-0.05, 0) is 42.7 Å². The molecule has 0 fully saturated rings. The Morgan fingerprint density at radius 2 is 1.74 bits per heavy atom. The molecule has 1 N–H and O–H groups in total. The summed E-state index contributed by atoms with van der Waals surface area (Å²) in [5, 5.41) is 3.30. The highest BCUT2D eigenvalue weighted by Crippen LogP contribution is 2.18. The van der Waals surface area contributed by atoms with E-state index in [1.807, 2.05) is 11.6 Å². The van der Waals surface area contributed by atoms with Gasteiger partial charge in [-0.1, -0.05) is 18.2 Å². The summed E-state index contributed by atoms with van der Waals surface area (Å²) < 4.78 is 2.04. The van der Waals surface area contributed by atoms with Crippen molar-refractivity contribution in [1.29, 1.82) is 0 Å². The Morgan fingerprint density at radius 3 is 2.32 bits per heavy atom. The minimum atomic E-state index is 0.954. The van der Waals surface area contributed by atoms with Gasteiger partial charge < -0.3 is 5.32 Å². The molecule has 0 amide bonds. The third-order valence-corrected chi connectivity index (χ3v) is 3.11. The molecule has 0 radical (unpaired) electrons. The predicted molar refractivity (Wildman–Crippen MR) is 81.8 cm³/mol. The zero-order valence-electron chi connectivity index (χ0n) is 11.9. The molecule has 1 aromatic carbocycles. The van der Waals surface area contributed by atoms with E-state index in [4.69, 9.17) is 0 Å². The summed E-state index contributed by atoms with van der Waals surface area (Å²) >= 11 is 0. The summed E-state index contributed by atoms with van der Waals surface area (Å²) in [6.45, 7) is 5.20. The smallest absolute Gasteiger partial charge is 0.169 e. The lowest BCUT2D eigenvalue weighted by Gasteiger charge is -2.04. The molecule has 19 heavy (non-hydrogen) atoms. The predicted octanol–water partition coefficient (Wildman–Crippen LogP) is 3.50. The standard InChI is InChI=1S/C17H20N2/c1-4-18-17-7-5-15(6-8-17)13-14(2)16-9-11-19(3)12-10-16/h5-13H,4H2,1-3H3/p+1. The second-order valence-corrected chi connectivity index (χ2v) is 4.73. The lowest BCUT2D eigenvalue weighted by molar-refractivity contribution is -0.671. The monoisotopic (exact) mass is 253 g/mol. The topological polar surface area (TPSA) is 15.9 Å². The number of hydrogen-bond acceptors (Lipinski definition) is 1. The van der Waals surface area contributed by atoms with Crippen molar-refractivity contribution in [2.24, 2.45) is 7.05 Å². The first-order valence-electron chi connectivity index (χ1n) is 6.67. The van der Waals surface area contributed by atoms with Gasteiger partial charge in [-0.25, -0.2) is 4.57 Å². The van der Waals surface area contributed by atoms with Gasteiger partial charge in [0.05, 0.1) is 0 Å². The third kappa shape index (κ3) is 3.68. The zero-order chi connectivity index (χ0) is 13.7. The van der Waals surface area contributed by atoms with Gasteiger partial charge in [-0.15, -0.1) is 0 Å². The van der Waals surface area contributed by atoms with Crippen LogP contribution in [0.4, 0.5) is 5.69 Å². The maximum Gasteiger partial charge on any atom is 0.169 e. The van der Waals surface area contributed by atoms with Crippen molar-refractivity contribution in [3.63, 3.8) is 0 Å². The van der Waals surface area contributed by atoms with Crippen molar-refractivity contribution < 1.29 is 4.57 Å². The van der Waals surface area contributed by atoms with Crippen molar-refractivity contribution in [1.82, 2.24) is 0 Å². The van der Waals surface area contributed by atoms with E-state index in [0.29, 0.717) is 0 Å². The Hall–Kier alpha value is -2.09.